The highest BCUT2D eigenvalue weighted by molar-refractivity contribution is 7.09. The number of aromatic nitrogens is 1. The minimum Gasteiger partial charge on any atom is -0.376 e. The highest BCUT2D eigenvalue weighted by atomic mass is 32.1. The Morgan fingerprint density at radius 3 is 2.90 bits per heavy atom. The third-order valence-electron chi connectivity index (χ3n) is 3.47. The van der Waals surface area contributed by atoms with Crippen molar-refractivity contribution in [2.45, 2.75) is 65.4 Å². The molecule has 1 aromatic heterocycles. The topological polar surface area (TPSA) is 37.4 Å². The largest absolute Gasteiger partial charge is 0.376 e. The highest BCUT2D eigenvalue weighted by Gasteiger charge is 2.24. The second-order valence-corrected chi connectivity index (χ2v) is 7.70. The second-order valence-electron chi connectivity index (χ2n) is 6.76. The number of nitrogens with one attached hydrogen (secondary N) is 1. The van der Waals surface area contributed by atoms with Gasteiger partial charge in [0.15, 0.2) is 0 Å². The summed E-state index contributed by atoms with van der Waals surface area (Å²) in [6.07, 6.45) is 0.326. The number of morpholine rings is 1. The molecule has 114 valence electrons. The predicted octanol–water partition coefficient (Wildman–Crippen LogP) is 2.64. The van der Waals surface area contributed by atoms with Gasteiger partial charge in [0.1, 0.15) is 5.01 Å². The van der Waals surface area contributed by atoms with E-state index in [1.165, 1.54) is 10.7 Å². The molecular formula is C15H27N3OS. The van der Waals surface area contributed by atoms with E-state index < -0.39 is 0 Å². The van der Waals surface area contributed by atoms with E-state index in [4.69, 9.17) is 9.72 Å². The average molecular weight is 297 g/mol. The molecule has 20 heavy (non-hydrogen) atoms. The maximum Gasteiger partial charge on any atom is 0.107 e. The van der Waals surface area contributed by atoms with Gasteiger partial charge in [0.05, 0.1) is 18.4 Å². The van der Waals surface area contributed by atoms with Crippen LogP contribution >= 0.6 is 11.3 Å². The van der Waals surface area contributed by atoms with E-state index in [0.717, 1.165) is 26.2 Å². The lowest BCUT2D eigenvalue weighted by Crippen LogP contribution is -2.46. The van der Waals surface area contributed by atoms with E-state index in [9.17, 15) is 0 Å². The van der Waals surface area contributed by atoms with Crippen molar-refractivity contribution >= 4 is 11.3 Å². The van der Waals surface area contributed by atoms with Gasteiger partial charge in [0, 0.05) is 36.6 Å². The second kappa shape index (κ2) is 6.52. The molecule has 2 heterocycles. The molecule has 0 aliphatic carbocycles. The van der Waals surface area contributed by atoms with E-state index in [1.807, 2.05) is 0 Å². The Labute approximate surface area is 126 Å². The summed E-state index contributed by atoms with van der Waals surface area (Å²) in [5.41, 5.74) is 1.32. The Hall–Kier alpha value is -0.490. The molecule has 0 spiro atoms. The van der Waals surface area contributed by atoms with E-state index >= 15 is 0 Å². The standard InChI is InChI=1S/C15H27N3OS/c1-11-9-19-12(2)7-18(11)8-13-10-20-14(17-13)6-16-15(3,4)5/h10-12,16H,6-9H2,1-5H3. The van der Waals surface area contributed by atoms with E-state index in [-0.39, 0.29) is 5.54 Å². The van der Waals surface area contributed by atoms with E-state index in [0.29, 0.717) is 12.1 Å². The van der Waals surface area contributed by atoms with Gasteiger partial charge < -0.3 is 10.1 Å². The van der Waals surface area contributed by atoms with Crippen molar-refractivity contribution < 1.29 is 4.74 Å². The zero-order chi connectivity index (χ0) is 14.8. The molecule has 0 saturated carbocycles. The monoisotopic (exact) mass is 297 g/mol. The summed E-state index contributed by atoms with van der Waals surface area (Å²) in [6.45, 7) is 14.5. The zero-order valence-corrected chi connectivity index (χ0v) is 14.1. The van der Waals surface area contributed by atoms with Crippen molar-refractivity contribution in [1.82, 2.24) is 15.2 Å². The molecule has 0 bridgehead atoms. The molecule has 1 aliphatic heterocycles. The Bertz CT molecular complexity index is 427. The molecule has 5 heteroatoms. The summed E-state index contributed by atoms with van der Waals surface area (Å²) in [7, 11) is 0. The van der Waals surface area contributed by atoms with Gasteiger partial charge in [-0.25, -0.2) is 4.98 Å². The quantitative estimate of drug-likeness (QED) is 0.927. The van der Waals surface area contributed by atoms with Crippen LogP contribution < -0.4 is 5.32 Å². The number of rotatable bonds is 4. The van der Waals surface area contributed by atoms with Crippen molar-refractivity contribution in [1.29, 1.82) is 0 Å². The molecule has 1 fully saturated rings. The summed E-state index contributed by atoms with van der Waals surface area (Å²) in [6, 6.07) is 0.476. The van der Waals surface area contributed by atoms with Crippen LogP contribution in [-0.4, -0.2) is 40.7 Å². The number of hydrogen-bond donors (Lipinski definition) is 1. The van der Waals surface area contributed by atoms with Crippen molar-refractivity contribution in [3.05, 3.63) is 16.1 Å². The Kier molecular flexibility index (Phi) is 5.18. The lowest BCUT2D eigenvalue weighted by molar-refractivity contribution is -0.0530. The average Bonchev–Trinajstić information content (AvgIpc) is 2.78. The van der Waals surface area contributed by atoms with Gasteiger partial charge in [-0.1, -0.05) is 0 Å². The summed E-state index contributed by atoms with van der Waals surface area (Å²) in [4.78, 5) is 7.20. The Balaban J connectivity index is 1.89. The molecule has 0 radical (unpaired) electrons. The highest BCUT2D eigenvalue weighted by Crippen LogP contribution is 2.17. The van der Waals surface area contributed by atoms with E-state index in [1.54, 1.807) is 11.3 Å². The first kappa shape index (κ1) is 15.9. The number of ether oxygens (including phenoxy) is 1. The van der Waals surface area contributed by atoms with Crippen LogP contribution in [0.2, 0.25) is 0 Å². The summed E-state index contributed by atoms with van der Waals surface area (Å²) in [5, 5.41) is 6.84. The first-order chi connectivity index (χ1) is 9.33. The van der Waals surface area contributed by atoms with Crippen LogP contribution in [0.25, 0.3) is 0 Å². The van der Waals surface area contributed by atoms with Gasteiger partial charge >= 0.3 is 0 Å². The molecule has 0 amide bonds. The maximum absolute atomic E-state index is 5.67. The molecule has 1 saturated heterocycles. The zero-order valence-electron chi connectivity index (χ0n) is 13.3. The first-order valence-corrected chi connectivity index (χ1v) is 8.25. The molecule has 1 aliphatic rings. The van der Waals surface area contributed by atoms with Crippen LogP contribution in [0.15, 0.2) is 5.38 Å². The molecule has 2 unspecified atom stereocenters. The lowest BCUT2D eigenvalue weighted by atomic mass is 10.1. The summed E-state index contributed by atoms with van der Waals surface area (Å²) >= 11 is 1.75. The van der Waals surface area contributed by atoms with Crippen molar-refractivity contribution in [3.8, 4) is 0 Å². The minimum atomic E-state index is 0.139. The molecule has 2 rings (SSSR count). The maximum atomic E-state index is 5.67. The van der Waals surface area contributed by atoms with Crippen molar-refractivity contribution in [3.63, 3.8) is 0 Å². The molecule has 0 aromatic carbocycles. The molecular weight excluding hydrogens is 270 g/mol. The minimum absolute atomic E-state index is 0.139. The van der Waals surface area contributed by atoms with Crippen LogP contribution in [-0.2, 0) is 17.8 Å². The van der Waals surface area contributed by atoms with Crippen molar-refractivity contribution in [2.24, 2.45) is 0 Å². The number of nitrogens with zero attached hydrogens (tertiary/aromatic N) is 2. The SMILES string of the molecule is CC1CN(Cc2csc(CNC(C)(C)C)n2)C(C)CO1. The Morgan fingerprint density at radius 1 is 1.45 bits per heavy atom. The van der Waals surface area contributed by atoms with Crippen LogP contribution in [0.1, 0.15) is 45.3 Å². The molecule has 1 N–H and O–H groups in total. The fraction of sp³-hybridized carbons (Fsp3) is 0.800. The van der Waals surface area contributed by atoms with Crippen molar-refractivity contribution in [2.75, 3.05) is 13.2 Å². The molecule has 4 nitrogen and oxygen atoms in total. The number of thiazole rings is 1. The Morgan fingerprint density at radius 2 is 2.20 bits per heavy atom. The first-order valence-electron chi connectivity index (χ1n) is 7.37. The van der Waals surface area contributed by atoms with Gasteiger partial charge in [-0.2, -0.15) is 0 Å². The third-order valence-corrected chi connectivity index (χ3v) is 4.37. The van der Waals surface area contributed by atoms with Gasteiger partial charge in [-0.15, -0.1) is 11.3 Å². The van der Waals surface area contributed by atoms with Gasteiger partial charge in [-0.05, 0) is 34.6 Å². The van der Waals surface area contributed by atoms with E-state index in [2.05, 4.69) is 50.2 Å². The predicted molar refractivity (Wildman–Crippen MR) is 84.0 cm³/mol. The van der Waals surface area contributed by atoms with Gasteiger partial charge in [0.25, 0.3) is 0 Å². The summed E-state index contributed by atoms with van der Waals surface area (Å²) < 4.78 is 5.67. The summed E-state index contributed by atoms with van der Waals surface area (Å²) in [5.74, 6) is 0. The van der Waals surface area contributed by atoms with Crippen LogP contribution in [0, 0.1) is 0 Å². The normalized spacial score (nSPS) is 25.1. The van der Waals surface area contributed by atoms with Crippen LogP contribution in [0.4, 0.5) is 0 Å². The fourth-order valence-corrected chi connectivity index (χ4v) is 2.97. The molecule has 1 aromatic rings. The van der Waals surface area contributed by atoms with Gasteiger partial charge in [-0.3, -0.25) is 4.90 Å². The lowest BCUT2D eigenvalue weighted by Gasteiger charge is -2.36. The van der Waals surface area contributed by atoms with Crippen LogP contribution in [0.5, 0.6) is 0 Å². The fourth-order valence-electron chi connectivity index (χ4n) is 2.24. The third kappa shape index (κ3) is 4.81. The molecule has 2 atom stereocenters. The van der Waals surface area contributed by atoms with Gasteiger partial charge in [0.2, 0.25) is 0 Å². The smallest absolute Gasteiger partial charge is 0.107 e. The van der Waals surface area contributed by atoms with Crippen LogP contribution in [0.3, 0.4) is 0 Å². The number of hydrogen-bond acceptors (Lipinski definition) is 5.